The summed E-state index contributed by atoms with van der Waals surface area (Å²) in [5.74, 6) is 0. The lowest BCUT2D eigenvalue weighted by Gasteiger charge is -2.36. The largest absolute Gasteiger partial charge is 0.329 e. The Morgan fingerprint density at radius 2 is 1.75 bits per heavy atom. The number of fused-ring (bicyclic) bond motifs is 1. The van der Waals surface area contributed by atoms with E-state index in [9.17, 15) is 0 Å². The van der Waals surface area contributed by atoms with E-state index in [2.05, 4.69) is 4.90 Å². The summed E-state index contributed by atoms with van der Waals surface area (Å²) in [4.78, 5) is 2.65. The number of hydrogen-bond acceptors (Lipinski definition) is 2. The summed E-state index contributed by atoms with van der Waals surface area (Å²) < 4.78 is 0. The molecule has 0 aromatic rings. The normalized spacial score (nSPS) is 37.8. The van der Waals surface area contributed by atoms with E-state index in [4.69, 9.17) is 5.73 Å². The second-order valence-electron chi connectivity index (χ2n) is 4.33. The molecule has 1 atom stereocenters. The molecule has 0 aromatic carbocycles. The first-order chi connectivity index (χ1) is 5.87. The van der Waals surface area contributed by atoms with E-state index in [0.29, 0.717) is 5.54 Å². The summed E-state index contributed by atoms with van der Waals surface area (Å²) in [6.45, 7) is 3.49. The zero-order valence-corrected chi connectivity index (χ0v) is 7.89. The van der Waals surface area contributed by atoms with Crippen LogP contribution in [0.1, 0.15) is 38.5 Å². The van der Waals surface area contributed by atoms with Crippen LogP contribution in [-0.2, 0) is 0 Å². The Kier molecular flexibility index (Phi) is 2.37. The van der Waals surface area contributed by atoms with Gasteiger partial charge in [0.05, 0.1) is 0 Å². The molecule has 0 unspecified atom stereocenters. The van der Waals surface area contributed by atoms with Crippen molar-refractivity contribution in [3.63, 3.8) is 0 Å². The second-order valence-corrected chi connectivity index (χ2v) is 4.33. The fourth-order valence-electron chi connectivity index (χ4n) is 2.89. The number of nitrogens with zero attached hydrogens (tertiary/aromatic N) is 1. The smallest absolute Gasteiger partial charge is 0.0332 e. The monoisotopic (exact) mass is 168 g/mol. The third-order valence-corrected chi connectivity index (χ3v) is 3.69. The molecule has 2 N–H and O–H groups in total. The molecule has 0 spiro atoms. The van der Waals surface area contributed by atoms with Crippen molar-refractivity contribution in [2.24, 2.45) is 5.73 Å². The van der Waals surface area contributed by atoms with E-state index >= 15 is 0 Å². The van der Waals surface area contributed by atoms with Gasteiger partial charge in [-0.05, 0) is 38.8 Å². The van der Waals surface area contributed by atoms with E-state index in [1.165, 1.54) is 51.6 Å². The lowest BCUT2D eigenvalue weighted by Crippen LogP contribution is -2.48. The van der Waals surface area contributed by atoms with Crippen molar-refractivity contribution in [1.82, 2.24) is 4.90 Å². The highest BCUT2D eigenvalue weighted by Gasteiger charge is 2.39. The molecule has 2 nitrogen and oxygen atoms in total. The number of hydrogen-bond donors (Lipinski definition) is 1. The van der Waals surface area contributed by atoms with Crippen molar-refractivity contribution in [2.45, 2.75) is 44.1 Å². The lowest BCUT2D eigenvalue weighted by molar-refractivity contribution is 0.147. The summed E-state index contributed by atoms with van der Waals surface area (Å²) in [5, 5.41) is 0. The third-order valence-electron chi connectivity index (χ3n) is 3.69. The minimum atomic E-state index is 0.427. The second kappa shape index (κ2) is 3.35. The van der Waals surface area contributed by atoms with Gasteiger partial charge in [0.15, 0.2) is 0 Å². The van der Waals surface area contributed by atoms with Crippen LogP contribution >= 0.6 is 0 Å². The molecule has 0 amide bonds. The molecule has 0 bridgehead atoms. The van der Waals surface area contributed by atoms with Gasteiger partial charge in [-0.2, -0.15) is 0 Å². The minimum absolute atomic E-state index is 0.427. The Morgan fingerprint density at radius 1 is 1.00 bits per heavy atom. The van der Waals surface area contributed by atoms with Gasteiger partial charge >= 0.3 is 0 Å². The van der Waals surface area contributed by atoms with E-state index in [1.807, 2.05) is 0 Å². The maximum atomic E-state index is 5.91. The topological polar surface area (TPSA) is 29.3 Å². The molecule has 2 fully saturated rings. The highest BCUT2D eigenvalue weighted by molar-refractivity contribution is 4.97. The van der Waals surface area contributed by atoms with Crippen molar-refractivity contribution in [3.05, 3.63) is 0 Å². The summed E-state index contributed by atoms with van der Waals surface area (Å²) >= 11 is 0. The highest BCUT2D eigenvalue weighted by Crippen LogP contribution is 2.35. The molecule has 2 rings (SSSR count). The van der Waals surface area contributed by atoms with Crippen LogP contribution in [0.3, 0.4) is 0 Å². The first kappa shape index (κ1) is 8.52. The van der Waals surface area contributed by atoms with Crippen molar-refractivity contribution in [1.29, 1.82) is 0 Å². The molecule has 2 heterocycles. The van der Waals surface area contributed by atoms with Crippen LogP contribution < -0.4 is 5.73 Å². The quantitative estimate of drug-likeness (QED) is 0.640. The van der Waals surface area contributed by atoms with Gasteiger partial charge in [0.1, 0.15) is 0 Å². The van der Waals surface area contributed by atoms with Gasteiger partial charge in [-0.25, -0.2) is 0 Å². The van der Waals surface area contributed by atoms with Gasteiger partial charge in [0.2, 0.25) is 0 Å². The van der Waals surface area contributed by atoms with Gasteiger partial charge in [-0.15, -0.1) is 0 Å². The van der Waals surface area contributed by atoms with Crippen LogP contribution in [0.15, 0.2) is 0 Å². The van der Waals surface area contributed by atoms with Crippen molar-refractivity contribution in [2.75, 3.05) is 19.6 Å². The fourth-order valence-corrected chi connectivity index (χ4v) is 2.89. The first-order valence-electron chi connectivity index (χ1n) is 5.32. The maximum Gasteiger partial charge on any atom is 0.0332 e. The Hall–Kier alpha value is -0.0800. The van der Waals surface area contributed by atoms with Crippen LogP contribution in [0, 0.1) is 0 Å². The first-order valence-corrected chi connectivity index (χ1v) is 5.32. The molecular formula is C10H20N2. The summed E-state index contributed by atoms with van der Waals surface area (Å²) in [6.07, 6.45) is 8.28. The van der Waals surface area contributed by atoms with Crippen LogP contribution in [0.25, 0.3) is 0 Å². The van der Waals surface area contributed by atoms with E-state index in [0.717, 1.165) is 6.54 Å². The average molecular weight is 168 g/mol. The summed E-state index contributed by atoms with van der Waals surface area (Å²) in [7, 11) is 0. The molecule has 0 saturated carbocycles. The molecule has 0 aliphatic carbocycles. The van der Waals surface area contributed by atoms with E-state index in [1.54, 1.807) is 0 Å². The van der Waals surface area contributed by atoms with Crippen molar-refractivity contribution >= 4 is 0 Å². The Morgan fingerprint density at radius 3 is 2.58 bits per heavy atom. The highest BCUT2D eigenvalue weighted by atomic mass is 15.2. The molecule has 2 saturated heterocycles. The van der Waals surface area contributed by atoms with Gasteiger partial charge in [0.25, 0.3) is 0 Å². The van der Waals surface area contributed by atoms with Crippen LogP contribution in [0.5, 0.6) is 0 Å². The SMILES string of the molecule is NC[C@@]12CCCCCN1CCC2. The standard InChI is InChI=1S/C10H20N2/c11-9-10-5-2-1-3-7-12(10)8-4-6-10/h1-9,11H2/t10-/m0/s1. The molecule has 12 heavy (non-hydrogen) atoms. The predicted octanol–water partition coefficient (Wildman–Crippen LogP) is 1.35. The molecule has 2 aliphatic heterocycles. The Bertz CT molecular complexity index is 158. The van der Waals surface area contributed by atoms with Crippen molar-refractivity contribution < 1.29 is 0 Å². The maximum absolute atomic E-state index is 5.91. The molecule has 2 aliphatic rings. The van der Waals surface area contributed by atoms with Crippen LogP contribution in [-0.4, -0.2) is 30.1 Å². The molecule has 0 aromatic heterocycles. The van der Waals surface area contributed by atoms with Gasteiger partial charge in [0, 0.05) is 12.1 Å². The zero-order valence-electron chi connectivity index (χ0n) is 7.89. The average Bonchev–Trinajstić information content (AvgIpc) is 2.40. The molecule has 70 valence electrons. The summed E-state index contributed by atoms with van der Waals surface area (Å²) in [5.41, 5.74) is 6.33. The van der Waals surface area contributed by atoms with Gasteiger partial charge in [-0.3, -0.25) is 4.90 Å². The number of rotatable bonds is 1. The van der Waals surface area contributed by atoms with Crippen molar-refractivity contribution in [3.8, 4) is 0 Å². The van der Waals surface area contributed by atoms with E-state index < -0.39 is 0 Å². The number of nitrogens with two attached hydrogens (primary N) is 1. The lowest BCUT2D eigenvalue weighted by atomic mass is 9.91. The van der Waals surface area contributed by atoms with E-state index in [-0.39, 0.29) is 0 Å². The Balaban J connectivity index is 2.11. The predicted molar refractivity (Wildman–Crippen MR) is 51.1 cm³/mol. The van der Waals surface area contributed by atoms with Crippen LogP contribution in [0.4, 0.5) is 0 Å². The third kappa shape index (κ3) is 1.27. The van der Waals surface area contributed by atoms with Gasteiger partial charge in [-0.1, -0.05) is 12.8 Å². The van der Waals surface area contributed by atoms with Gasteiger partial charge < -0.3 is 5.73 Å². The molecule has 0 radical (unpaired) electrons. The van der Waals surface area contributed by atoms with Crippen LogP contribution in [0.2, 0.25) is 0 Å². The minimum Gasteiger partial charge on any atom is -0.329 e. The summed E-state index contributed by atoms with van der Waals surface area (Å²) in [6, 6.07) is 0. The molecular weight excluding hydrogens is 148 g/mol. The molecule has 2 heteroatoms. The Labute approximate surface area is 75.1 Å². The zero-order chi connectivity index (χ0) is 8.44. The fraction of sp³-hybridized carbons (Fsp3) is 1.00.